The standard InChI is InChI=1S/C6H16N.C3H5NO.2ClH.H3N/c1-5-6-7(2,3)4;1-2-3(4)5;;;/h5-6H2,1-4H3;2H,1H2,(H2,4,5);2*1H;1H3/q+1;;;;/p-1. The zero-order valence-electron chi connectivity index (χ0n) is 10.1. The van der Waals surface area contributed by atoms with Crippen LogP contribution in [0.4, 0.5) is 0 Å². The Hall–Kier alpha value is -0.290. The zero-order valence-corrected chi connectivity index (χ0v) is 11.7. The Labute approximate surface area is 106 Å². The van der Waals surface area contributed by atoms with Gasteiger partial charge in [-0.05, 0) is 12.5 Å². The van der Waals surface area contributed by atoms with Crippen LogP contribution in [-0.4, -0.2) is 38.1 Å². The molecule has 5 N–H and O–H groups in total. The van der Waals surface area contributed by atoms with Crippen LogP contribution in [0, 0.1) is 0 Å². The molecule has 0 atom stereocenters. The van der Waals surface area contributed by atoms with Gasteiger partial charge in [-0.3, -0.25) is 4.79 Å². The van der Waals surface area contributed by atoms with Gasteiger partial charge in [-0.25, -0.2) is 0 Å². The van der Waals surface area contributed by atoms with Crippen LogP contribution in [0.1, 0.15) is 13.3 Å². The second-order valence-electron chi connectivity index (χ2n) is 3.62. The summed E-state index contributed by atoms with van der Waals surface area (Å²) in [6.07, 6.45) is 2.34. The van der Waals surface area contributed by atoms with Crippen molar-refractivity contribution in [3.8, 4) is 0 Å². The van der Waals surface area contributed by atoms with Crippen LogP contribution in [0.15, 0.2) is 12.7 Å². The summed E-state index contributed by atoms with van der Waals surface area (Å²) in [7, 11) is 6.64. The Bertz CT molecular complexity index is 147. The van der Waals surface area contributed by atoms with Gasteiger partial charge < -0.3 is 28.8 Å². The van der Waals surface area contributed by atoms with E-state index in [2.05, 4.69) is 40.4 Å². The van der Waals surface area contributed by atoms with Crippen molar-refractivity contribution in [3.05, 3.63) is 12.7 Å². The third-order valence-corrected chi connectivity index (χ3v) is 1.10. The third-order valence-electron chi connectivity index (χ3n) is 1.10. The lowest BCUT2D eigenvalue weighted by atomic mass is 10.4. The molecule has 4 nitrogen and oxygen atoms in total. The van der Waals surface area contributed by atoms with Crippen molar-refractivity contribution in [1.82, 2.24) is 6.15 Å². The average Bonchev–Trinajstić information content (AvgIpc) is 1.86. The van der Waals surface area contributed by atoms with Crippen molar-refractivity contribution < 1.29 is 21.7 Å². The van der Waals surface area contributed by atoms with Crippen LogP contribution in [0.3, 0.4) is 0 Å². The predicted molar refractivity (Wildman–Crippen MR) is 64.9 cm³/mol. The van der Waals surface area contributed by atoms with Gasteiger partial charge in [0.2, 0.25) is 5.91 Å². The average molecular weight is 262 g/mol. The summed E-state index contributed by atoms with van der Waals surface area (Å²) in [6, 6.07) is 0. The molecule has 15 heavy (non-hydrogen) atoms. The zero-order chi connectivity index (χ0) is 10.2. The first-order valence-corrected chi connectivity index (χ1v) is 4.05. The number of quaternary nitrogens is 1. The molecule has 0 unspecified atom stereocenters. The number of carbonyl (C=O) groups excluding carboxylic acids is 1. The molecule has 0 radical (unpaired) electrons. The fourth-order valence-corrected chi connectivity index (χ4v) is 0.671. The number of carbonyl (C=O) groups is 1. The van der Waals surface area contributed by atoms with Crippen LogP contribution in [0.2, 0.25) is 0 Å². The lowest BCUT2D eigenvalue weighted by molar-refractivity contribution is -0.870. The van der Waals surface area contributed by atoms with Crippen LogP contribution in [0.5, 0.6) is 0 Å². The van der Waals surface area contributed by atoms with Gasteiger partial charge in [0.1, 0.15) is 0 Å². The summed E-state index contributed by atoms with van der Waals surface area (Å²) in [5.74, 6) is -0.481. The molecule has 6 heteroatoms. The lowest BCUT2D eigenvalue weighted by Crippen LogP contribution is -3.00. The first-order valence-electron chi connectivity index (χ1n) is 4.05. The highest BCUT2D eigenvalue weighted by Gasteiger charge is 2.01. The maximum Gasteiger partial charge on any atom is 0.240 e. The molecule has 0 spiro atoms. The molecule has 0 saturated heterocycles. The van der Waals surface area contributed by atoms with E-state index >= 15 is 0 Å². The molecule has 0 aromatic rings. The Morgan fingerprint density at radius 3 is 1.67 bits per heavy atom. The highest BCUT2D eigenvalue weighted by molar-refractivity contribution is 5.85. The normalized spacial score (nSPS) is 7.73. The van der Waals surface area contributed by atoms with Crippen molar-refractivity contribution >= 4 is 18.3 Å². The summed E-state index contributed by atoms with van der Waals surface area (Å²) in [5, 5.41) is 0. The molecule has 0 saturated carbocycles. The molecule has 0 heterocycles. The first kappa shape index (κ1) is 29.3. The number of primary amides is 1. The van der Waals surface area contributed by atoms with Crippen molar-refractivity contribution in [2.45, 2.75) is 13.3 Å². The van der Waals surface area contributed by atoms with E-state index in [1.807, 2.05) is 0 Å². The van der Waals surface area contributed by atoms with E-state index in [1.54, 1.807) is 0 Å². The number of rotatable bonds is 3. The molecule has 0 aliphatic rings. The van der Waals surface area contributed by atoms with Crippen molar-refractivity contribution in [3.63, 3.8) is 0 Å². The van der Waals surface area contributed by atoms with Gasteiger partial charge in [0, 0.05) is 0 Å². The molecular weight excluding hydrogens is 237 g/mol. The Kier molecular flexibility index (Phi) is 31.6. The van der Waals surface area contributed by atoms with Crippen molar-refractivity contribution in [2.75, 3.05) is 27.7 Å². The van der Waals surface area contributed by atoms with Crippen LogP contribution in [0.25, 0.3) is 0 Å². The smallest absolute Gasteiger partial charge is 0.240 e. The van der Waals surface area contributed by atoms with Gasteiger partial charge in [-0.1, -0.05) is 13.5 Å². The Morgan fingerprint density at radius 2 is 1.67 bits per heavy atom. The summed E-state index contributed by atoms with van der Waals surface area (Å²) >= 11 is 0. The number of nitrogens with zero attached hydrogens (tertiary/aromatic N) is 1. The van der Waals surface area contributed by atoms with Gasteiger partial charge in [0.25, 0.3) is 0 Å². The second kappa shape index (κ2) is 16.2. The van der Waals surface area contributed by atoms with E-state index in [0.717, 1.165) is 10.6 Å². The molecular formula is C9H25Cl2N3O. The molecule has 96 valence electrons. The van der Waals surface area contributed by atoms with E-state index in [1.165, 1.54) is 13.0 Å². The lowest BCUT2D eigenvalue weighted by Gasteiger charge is -2.22. The summed E-state index contributed by atoms with van der Waals surface area (Å²) in [6.45, 7) is 6.58. The summed E-state index contributed by atoms with van der Waals surface area (Å²) in [4.78, 5) is 9.47. The third kappa shape index (κ3) is 57.7. The van der Waals surface area contributed by atoms with Gasteiger partial charge in [-0.15, -0.1) is 12.4 Å². The monoisotopic (exact) mass is 261 g/mol. The van der Waals surface area contributed by atoms with E-state index in [4.69, 9.17) is 0 Å². The largest absolute Gasteiger partial charge is 1.00 e. The van der Waals surface area contributed by atoms with Gasteiger partial charge in [0.15, 0.2) is 0 Å². The first-order chi connectivity index (χ1) is 5.33. The topological polar surface area (TPSA) is 78.1 Å². The Morgan fingerprint density at radius 1 is 1.40 bits per heavy atom. The van der Waals surface area contributed by atoms with Gasteiger partial charge >= 0.3 is 0 Å². The number of hydrogen-bond donors (Lipinski definition) is 2. The van der Waals surface area contributed by atoms with Crippen LogP contribution >= 0.6 is 12.4 Å². The molecule has 0 fully saturated rings. The maximum atomic E-state index is 9.47. The molecule has 0 bridgehead atoms. The number of nitrogens with two attached hydrogens (primary N) is 1. The van der Waals surface area contributed by atoms with Crippen LogP contribution < -0.4 is 24.3 Å². The maximum absolute atomic E-state index is 9.47. The minimum Gasteiger partial charge on any atom is -1.00 e. The molecule has 0 aliphatic heterocycles. The minimum absolute atomic E-state index is 0. The van der Waals surface area contributed by atoms with E-state index in [-0.39, 0.29) is 31.0 Å². The summed E-state index contributed by atoms with van der Waals surface area (Å²) in [5.41, 5.74) is 4.53. The quantitative estimate of drug-likeness (QED) is 0.472. The van der Waals surface area contributed by atoms with E-state index in [9.17, 15) is 4.79 Å². The van der Waals surface area contributed by atoms with Crippen molar-refractivity contribution in [1.29, 1.82) is 0 Å². The molecule has 1 amide bonds. The Balaban J connectivity index is -0.0000000383. The molecule has 0 aromatic carbocycles. The highest BCUT2D eigenvalue weighted by atomic mass is 35.5. The minimum atomic E-state index is -0.481. The van der Waals surface area contributed by atoms with E-state index in [0.29, 0.717) is 0 Å². The molecule has 0 aromatic heterocycles. The fraction of sp³-hybridized carbons (Fsp3) is 0.667. The second-order valence-corrected chi connectivity index (χ2v) is 3.62. The SMILES string of the molecule is C=CC(N)=O.CCC[N+](C)(C)C.Cl.N.[Cl-]. The molecule has 0 aliphatic carbocycles. The number of hydrogen-bond acceptors (Lipinski definition) is 2. The predicted octanol–water partition coefficient (Wildman–Crippen LogP) is -1.65. The highest BCUT2D eigenvalue weighted by Crippen LogP contribution is 1.90. The summed E-state index contributed by atoms with van der Waals surface area (Å²) < 4.78 is 1.09. The van der Waals surface area contributed by atoms with Crippen LogP contribution in [-0.2, 0) is 4.79 Å². The number of amides is 1. The van der Waals surface area contributed by atoms with E-state index < -0.39 is 5.91 Å². The van der Waals surface area contributed by atoms with Gasteiger partial charge in [-0.2, -0.15) is 0 Å². The van der Waals surface area contributed by atoms with Gasteiger partial charge in [0.05, 0.1) is 27.7 Å². The number of halogens is 2. The fourth-order valence-electron chi connectivity index (χ4n) is 0.671. The molecule has 0 rings (SSSR count). The van der Waals surface area contributed by atoms with Crippen molar-refractivity contribution in [2.24, 2.45) is 5.73 Å².